The molecule has 1 aliphatic rings. The Morgan fingerprint density at radius 3 is 2.55 bits per heavy atom. The van der Waals surface area contributed by atoms with Crippen molar-refractivity contribution in [1.82, 2.24) is 0 Å². The fourth-order valence-electron chi connectivity index (χ4n) is 2.00. The van der Waals surface area contributed by atoms with Crippen LogP contribution >= 0.6 is 22.6 Å². The summed E-state index contributed by atoms with van der Waals surface area (Å²) in [5.74, 6) is 1.07. The van der Waals surface area contributed by atoms with Crippen molar-refractivity contribution in [1.29, 1.82) is 0 Å². The van der Waals surface area contributed by atoms with E-state index in [1.807, 2.05) is 22.6 Å². The summed E-state index contributed by atoms with van der Waals surface area (Å²) in [5.41, 5.74) is 0. The average molecular weight is 266 g/mol. The number of hydrogen-bond donors (Lipinski definition) is 0. The van der Waals surface area contributed by atoms with Crippen molar-refractivity contribution in [3.05, 3.63) is 0 Å². The summed E-state index contributed by atoms with van der Waals surface area (Å²) in [6.45, 7) is 2.20. The van der Waals surface area contributed by atoms with Gasteiger partial charge in [0.05, 0.1) is 0 Å². The Balaban J connectivity index is 2.51. The van der Waals surface area contributed by atoms with Crippen LogP contribution in [0.4, 0.5) is 0 Å². The monoisotopic (exact) mass is 266 g/mol. The number of hydrogen-bond acceptors (Lipinski definition) is 1. The van der Waals surface area contributed by atoms with Crippen LogP contribution in [0.1, 0.15) is 39.0 Å². The molecule has 0 spiro atoms. The van der Waals surface area contributed by atoms with E-state index in [1.165, 1.54) is 25.7 Å². The minimum atomic E-state index is 0.383. The highest BCUT2D eigenvalue weighted by atomic mass is 127. The molecule has 1 saturated carbocycles. The molecule has 0 saturated heterocycles. The van der Waals surface area contributed by atoms with E-state index in [0.29, 0.717) is 15.6 Å². The molecule has 0 unspecified atom stereocenters. The predicted molar refractivity (Wildman–Crippen MR) is 54.8 cm³/mol. The van der Waals surface area contributed by atoms with Gasteiger partial charge in [0.25, 0.3) is 0 Å². The maximum Gasteiger partial charge on any atom is 0.195 e. The first kappa shape index (κ1) is 9.49. The standard InChI is InChI=1S/C9H15IO/c1-2-7-5-3-4-6-8(7)9(10)11/h7-8H,2-6H2,1H3/t7-,8+/m0/s1. The molecule has 64 valence electrons. The van der Waals surface area contributed by atoms with E-state index >= 15 is 0 Å². The molecule has 0 N–H and O–H groups in total. The molecule has 0 amide bonds. The highest BCUT2D eigenvalue weighted by Gasteiger charge is 2.27. The van der Waals surface area contributed by atoms with Crippen molar-refractivity contribution in [3.63, 3.8) is 0 Å². The van der Waals surface area contributed by atoms with Crippen molar-refractivity contribution in [2.75, 3.05) is 0 Å². The van der Waals surface area contributed by atoms with Gasteiger partial charge in [-0.15, -0.1) is 0 Å². The van der Waals surface area contributed by atoms with Crippen molar-refractivity contribution in [3.8, 4) is 0 Å². The third-order valence-electron chi connectivity index (χ3n) is 2.72. The van der Waals surface area contributed by atoms with Gasteiger partial charge in [0.2, 0.25) is 0 Å². The summed E-state index contributed by atoms with van der Waals surface area (Å²) < 4.78 is 0.383. The Kier molecular flexibility index (Phi) is 3.82. The van der Waals surface area contributed by atoms with Gasteiger partial charge in [0.1, 0.15) is 0 Å². The third kappa shape index (κ3) is 2.42. The van der Waals surface area contributed by atoms with Gasteiger partial charge in [0, 0.05) is 5.92 Å². The summed E-state index contributed by atoms with van der Waals surface area (Å²) in [7, 11) is 0. The molecular formula is C9H15IO. The SMILES string of the molecule is CC[C@H]1CCCC[C@H]1C(=O)I. The van der Waals surface area contributed by atoms with Crippen LogP contribution in [-0.2, 0) is 4.79 Å². The van der Waals surface area contributed by atoms with Gasteiger partial charge in [-0.1, -0.05) is 26.2 Å². The van der Waals surface area contributed by atoms with Crippen molar-refractivity contribution < 1.29 is 4.79 Å². The van der Waals surface area contributed by atoms with Gasteiger partial charge in [0.15, 0.2) is 3.79 Å². The fraction of sp³-hybridized carbons (Fsp3) is 0.889. The molecule has 11 heavy (non-hydrogen) atoms. The van der Waals surface area contributed by atoms with Gasteiger partial charge in [-0.3, -0.25) is 4.79 Å². The largest absolute Gasteiger partial charge is 0.287 e. The Hall–Kier alpha value is 0.400. The first-order valence-corrected chi connectivity index (χ1v) is 5.53. The van der Waals surface area contributed by atoms with Crippen LogP contribution in [0.15, 0.2) is 0 Å². The van der Waals surface area contributed by atoms with E-state index in [4.69, 9.17) is 0 Å². The summed E-state index contributed by atoms with van der Waals surface area (Å²) in [5, 5.41) is 0. The molecule has 0 radical (unpaired) electrons. The first-order valence-electron chi connectivity index (χ1n) is 4.45. The quantitative estimate of drug-likeness (QED) is 0.554. The Bertz CT molecular complexity index is 144. The van der Waals surface area contributed by atoms with Crippen LogP contribution in [0, 0.1) is 11.8 Å². The van der Waals surface area contributed by atoms with E-state index in [-0.39, 0.29) is 0 Å². The average Bonchev–Trinajstić information content (AvgIpc) is 2.04. The maximum absolute atomic E-state index is 11.2. The number of carbonyl (C=O) groups excluding carboxylic acids is 1. The second kappa shape index (κ2) is 4.43. The number of rotatable bonds is 2. The lowest BCUT2D eigenvalue weighted by Gasteiger charge is -2.27. The van der Waals surface area contributed by atoms with E-state index in [0.717, 1.165) is 6.42 Å². The minimum Gasteiger partial charge on any atom is -0.287 e. The lowest BCUT2D eigenvalue weighted by molar-refractivity contribution is -0.115. The van der Waals surface area contributed by atoms with Gasteiger partial charge in [-0.2, -0.15) is 0 Å². The smallest absolute Gasteiger partial charge is 0.195 e. The van der Waals surface area contributed by atoms with Crippen molar-refractivity contribution in [2.24, 2.45) is 11.8 Å². The molecule has 2 heteroatoms. The second-order valence-electron chi connectivity index (χ2n) is 3.36. The second-order valence-corrected chi connectivity index (χ2v) is 4.43. The normalized spacial score (nSPS) is 31.8. The summed E-state index contributed by atoms with van der Waals surface area (Å²) in [6, 6.07) is 0. The molecular weight excluding hydrogens is 251 g/mol. The van der Waals surface area contributed by atoms with E-state index in [1.54, 1.807) is 0 Å². The highest BCUT2D eigenvalue weighted by molar-refractivity contribution is 14.1. The van der Waals surface area contributed by atoms with Crippen LogP contribution in [-0.4, -0.2) is 3.79 Å². The number of halogens is 1. The zero-order chi connectivity index (χ0) is 8.27. The molecule has 1 fully saturated rings. The van der Waals surface area contributed by atoms with E-state index < -0.39 is 0 Å². The van der Waals surface area contributed by atoms with Crippen LogP contribution in [0.25, 0.3) is 0 Å². The summed E-state index contributed by atoms with van der Waals surface area (Å²) >= 11 is 1.96. The molecule has 0 aliphatic heterocycles. The Morgan fingerprint density at radius 2 is 2.09 bits per heavy atom. The summed E-state index contributed by atoms with van der Waals surface area (Å²) in [4.78, 5) is 11.2. The van der Waals surface area contributed by atoms with Gasteiger partial charge < -0.3 is 0 Å². The first-order chi connectivity index (χ1) is 5.25. The molecule has 0 aromatic carbocycles. The van der Waals surface area contributed by atoms with Gasteiger partial charge in [-0.25, -0.2) is 0 Å². The summed E-state index contributed by atoms with van der Waals surface area (Å²) in [6.07, 6.45) is 6.18. The van der Waals surface area contributed by atoms with Crippen LogP contribution < -0.4 is 0 Å². The molecule has 1 nitrogen and oxygen atoms in total. The van der Waals surface area contributed by atoms with E-state index in [2.05, 4.69) is 6.92 Å². The zero-order valence-electron chi connectivity index (χ0n) is 6.98. The van der Waals surface area contributed by atoms with Crippen LogP contribution in [0.3, 0.4) is 0 Å². The number of carbonyl (C=O) groups is 1. The van der Waals surface area contributed by atoms with Gasteiger partial charge in [-0.05, 0) is 41.4 Å². The van der Waals surface area contributed by atoms with Crippen molar-refractivity contribution in [2.45, 2.75) is 39.0 Å². The van der Waals surface area contributed by atoms with Gasteiger partial charge >= 0.3 is 0 Å². The third-order valence-corrected chi connectivity index (χ3v) is 3.52. The maximum atomic E-state index is 11.2. The Morgan fingerprint density at radius 1 is 1.45 bits per heavy atom. The molecule has 0 aromatic heterocycles. The molecule has 1 aliphatic carbocycles. The molecule has 2 atom stereocenters. The highest BCUT2D eigenvalue weighted by Crippen LogP contribution is 2.33. The predicted octanol–water partition coefficient (Wildman–Crippen LogP) is 3.16. The van der Waals surface area contributed by atoms with Crippen molar-refractivity contribution >= 4 is 26.4 Å². The minimum absolute atomic E-state index is 0.383. The Labute approximate surface area is 82.1 Å². The lowest BCUT2D eigenvalue weighted by Crippen LogP contribution is -2.23. The topological polar surface area (TPSA) is 17.1 Å². The molecule has 0 heterocycles. The lowest BCUT2D eigenvalue weighted by atomic mass is 9.79. The molecule has 0 bridgehead atoms. The zero-order valence-corrected chi connectivity index (χ0v) is 9.13. The molecule has 0 aromatic rings. The molecule has 1 rings (SSSR count). The van der Waals surface area contributed by atoms with Crippen LogP contribution in [0.2, 0.25) is 0 Å². The van der Waals surface area contributed by atoms with E-state index in [9.17, 15) is 4.79 Å². The fourth-order valence-corrected chi connectivity index (χ4v) is 2.82. The van der Waals surface area contributed by atoms with Crippen LogP contribution in [0.5, 0.6) is 0 Å².